The van der Waals surface area contributed by atoms with Crippen LogP contribution < -0.4 is 5.46 Å². The van der Waals surface area contributed by atoms with Gasteiger partial charge in [-0.3, -0.25) is 4.79 Å². The molecular weight excluding hydrogens is 504 g/mol. The lowest BCUT2D eigenvalue weighted by Gasteiger charge is -2.32. The Balaban J connectivity index is 2.24. The first-order chi connectivity index (χ1) is 15.0. The average Bonchev–Trinajstić information content (AvgIpc) is 3.25. The van der Waals surface area contributed by atoms with Gasteiger partial charge in [-0.2, -0.15) is 13.2 Å². The number of alkyl halides is 4. The van der Waals surface area contributed by atoms with Gasteiger partial charge in [-0.1, -0.05) is 28.1 Å². The third-order valence-corrected chi connectivity index (χ3v) is 6.93. The van der Waals surface area contributed by atoms with Crippen LogP contribution in [-0.2, 0) is 35.8 Å². The number of ether oxygens (including phenoxy) is 1. The fraction of sp³-hybridized carbons (Fsp3) is 0.522. The lowest BCUT2D eigenvalue weighted by molar-refractivity contribution is -0.152. The number of halogens is 4. The fourth-order valence-corrected chi connectivity index (χ4v) is 3.87. The zero-order valence-corrected chi connectivity index (χ0v) is 21.2. The van der Waals surface area contributed by atoms with Crippen molar-refractivity contribution in [1.82, 2.24) is 0 Å². The number of furan rings is 1. The Labute approximate surface area is 200 Å². The summed E-state index contributed by atoms with van der Waals surface area (Å²) in [5.41, 5.74) is -1.37. The van der Waals surface area contributed by atoms with Crippen LogP contribution in [0, 0.1) is 0 Å². The maximum absolute atomic E-state index is 13.8. The first-order valence-electron chi connectivity index (χ1n) is 10.4. The van der Waals surface area contributed by atoms with Gasteiger partial charge in [0.2, 0.25) is 5.76 Å². The van der Waals surface area contributed by atoms with E-state index in [1.807, 2.05) is 27.7 Å². The van der Waals surface area contributed by atoms with Crippen molar-refractivity contribution in [3.63, 3.8) is 0 Å². The summed E-state index contributed by atoms with van der Waals surface area (Å²) in [6.45, 7) is 10.8. The number of methoxy groups -OCH3 is 1. The molecule has 1 aromatic heterocycles. The molecule has 0 unspecified atom stereocenters. The zero-order chi connectivity index (χ0) is 25.0. The highest BCUT2D eigenvalue weighted by atomic mass is 79.9. The maximum atomic E-state index is 13.8. The minimum absolute atomic E-state index is 0.119. The van der Waals surface area contributed by atoms with E-state index in [0.29, 0.717) is 11.0 Å². The smallest absolute Gasteiger partial charge is 0.468 e. The predicted molar refractivity (Wildman–Crippen MR) is 123 cm³/mol. The molecule has 33 heavy (non-hydrogen) atoms. The largest absolute Gasteiger partial charge is 0.494 e. The quantitative estimate of drug-likeness (QED) is 0.286. The van der Waals surface area contributed by atoms with Crippen LogP contribution in [0.1, 0.15) is 58.6 Å². The van der Waals surface area contributed by atoms with Crippen molar-refractivity contribution in [2.24, 2.45) is 0 Å². The molecule has 5 nitrogen and oxygen atoms in total. The van der Waals surface area contributed by atoms with Gasteiger partial charge in [0.15, 0.2) is 0 Å². The second-order valence-electron chi connectivity index (χ2n) is 9.64. The average molecular weight is 531 g/mol. The summed E-state index contributed by atoms with van der Waals surface area (Å²) in [4.78, 5) is 12.5. The molecule has 3 rings (SSSR count). The van der Waals surface area contributed by atoms with E-state index in [-0.39, 0.29) is 22.2 Å². The fourth-order valence-electron chi connectivity index (χ4n) is 3.59. The molecule has 10 heteroatoms. The minimum atomic E-state index is -4.70. The van der Waals surface area contributed by atoms with Gasteiger partial charge in [0, 0.05) is 5.56 Å². The van der Waals surface area contributed by atoms with Crippen molar-refractivity contribution in [3.05, 3.63) is 41.3 Å². The van der Waals surface area contributed by atoms with E-state index < -0.39 is 41.6 Å². The van der Waals surface area contributed by atoms with Crippen molar-refractivity contribution in [1.29, 1.82) is 0 Å². The minimum Gasteiger partial charge on any atom is -0.468 e. The second-order valence-corrected chi connectivity index (χ2v) is 10.2. The summed E-state index contributed by atoms with van der Waals surface area (Å²) in [5, 5.41) is 0.119. The molecule has 2 aromatic rings. The van der Waals surface area contributed by atoms with Crippen molar-refractivity contribution >= 4 is 34.5 Å². The standard InChI is InChI=1S/C23H27BBrF3O5/c1-20(2,19(29)30-7)14-8-13(17-11-16(12-25)31-18(17)23(26,27)28)9-15(10-14)24-32-21(3,4)22(5,6)33-24/h8-11H,12H2,1-7H3. The molecule has 1 aliphatic heterocycles. The normalized spacial score (nSPS) is 18.0. The van der Waals surface area contributed by atoms with Crippen LogP contribution in [0.3, 0.4) is 0 Å². The van der Waals surface area contributed by atoms with Crippen LogP contribution in [0.2, 0.25) is 0 Å². The molecule has 0 radical (unpaired) electrons. The third-order valence-electron chi connectivity index (χ3n) is 6.38. The molecule has 1 aromatic carbocycles. The zero-order valence-electron chi connectivity index (χ0n) is 19.6. The topological polar surface area (TPSA) is 57.9 Å². The van der Waals surface area contributed by atoms with E-state index in [1.54, 1.807) is 32.0 Å². The molecule has 1 aliphatic rings. The number of carbonyl (C=O) groups excluding carboxylic acids is 1. The highest BCUT2D eigenvalue weighted by Gasteiger charge is 2.52. The molecule has 0 saturated carbocycles. The van der Waals surface area contributed by atoms with Crippen LogP contribution in [0.5, 0.6) is 0 Å². The van der Waals surface area contributed by atoms with Crippen molar-refractivity contribution in [3.8, 4) is 11.1 Å². The van der Waals surface area contributed by atoms with Crippen molar-refractivity contribution in [2.45, 2.75) is 69.7 Å². The van der Waals surface area contributed by atoms with Gasteiger partial charge in [0.05, 0.1) is 29.1 Å². The number of hydrogen-bond donors (Lipinski definition) is 0. The van der Waals surface area contributed by atoms with Crippen LogP contribution in [-0.4, -0.2) is 31.4 Å². The lowest BCUT2D eigenvalue weighted by atomic mass is 9.73. The summed E-state index contributed by atoms with van der Waals surface area (Å²) in [6, 6.07) is 6.18. The molecule has 0 bridgehead atoms. The van der Waals surface area contributed by atoms with Gasteiger partial charge in [-0.25, -0.2) is 0 Å². The monoisotopic (exact) mass is 530 g/mol. The van der Waals surface area contributed by atoms with Crippen LogP contribution in [0.4, 0.5) is 13.2 Å². The van der Waals surface area contributed by atoms with E-state index in [2.05, 4.69) is 15.9 Å². The summed E-state index contributed by atoms with van der Waals surface area (Å²) in [6.07, 6.45) is -4.70. The summed E-state index contributed by atoms with van der Waals surface area (Å²) in [7, 11) is 0.433. The Bertz CT molecular complexity index is 1040. The predicted octanol–water partition coefficient (Wildman–Crippen LogP) is 5.61. The number of benzene rings is 1. The van der Waals surface area contributed by atoms with Crippen LogP contribution in [0.15, 0.2) is 28.7 Å². The highest BCUT2D eigenvalue weighted by molar-refractivity contribution is 9.08. The third kappa shape index (κ3) is 4.75. The molecular formula is C23H27BBrF3O5. The molecule has 0 amide bonds. The molecule has 0 atom stereocenters. The van der Waals surface area contributed by atoms with Crippen molar-refractivity contribution in [2.75, 3.05) is 7.11 Å². The Kier molecular flexibility index (Phi) is 6.63. The molecule has 0 N–H and O–H groups in total. The first-order valence-corrected chi connectivity index (χ1v) is 11.5. The van der Waals surface area contributed by atoms with E-state index in [1.165, 1.54) is 13.2 Å². The number of esters is 1. The van der Waals surface area contributed by atoms with E-state index in [4.69, 9.17) is 18.5 Å². The van der Waals surface area contributed by atoms with E-state index in [9.17, 15) is 18.0 Å². The van der Waals surface area contributed by atoms with Gasteiger partial charge >= 0.3 is 19.3 Å². The van der Waals surface area contributed by atoms with Gasteiger partial charge in [-0.15, -0.1) is 0 Å². The second kappa shape index (κ2) is 8.46. The Morgan fingerprint density at radius 1 is 1.06 bits per heavy atom. The first kappa shape index (κ1) is 25.8. The Hall–Kier alpha value is -1.78. The molecule has 1 saturated heterocycles. The van der Waals surface area contributed by atoms with Gasteiger partial charge in [-0.05, 0) is 70.3 Å². The lowest BCUT2D eigenvalue weighted by Crippen LogP contribution is -2.41. The van der Waals surface area contributed by atoms with Gasteiger partial charge < -0.3 is 18.5 Å². The highest BCUT2D eigenvalue weighted by Crippen LogP contribution is 2.42. The summed E-state index contributed by atoms with van der Waals surface area (Å²) >= 11 is 3.15. The van der Waals surface area contributed by atoms with Crippen LogP contribution >= 0.6 is 15.9 Å². The summed E-state index contributed by atoms with van der Waals surface area (Å²) in [5.74, 6) is -1.50. The molecule has 180 valence electrons. The van der Waals surface area contributed by atoms with Gasteiger partial charge in [0.25, 0.3) is 0 Å². The molecule has 1 fully saturated rings. The van der Waals surface area contributed by atoms with E-state index in [0.717, 1.165) is 0 Å². The number of hydrogen-bond acceptors (Lipinski definition) is 5. The number of carbonyl (C=O) groups is 1. The molecule has 0 spiro atoms. The summed E-state index contributed by atoms with van der Waals surface area (Å²) < 4.78 is 63.6. The van der Waals surface area contributed by atoms with E-state index >= 15 is 0 Å². The molecule has 0 aliphatic carbocycles. The Morgan fingerprint density at radius 2 is 1.64 bits per heavy atom. The van der Waals surface area contributed by atoms with Gasteiger partial charge in [0.1, 0.15) is 5.76 Å². The SMILES string of the molecule is COC(=O)C(C)(C)c1cc(B2OC(C)(C)C(C)(C)O2)cc(-c2cc(CBr)oc2C(F)(F)F)c1. The maximum Gasteiger partial charge on any atom is 0.494 e. The van der Waals surface area contributed by atoms with Crippen LogP contribution in [0.25, 0.3) is 11.1 Å². The molecule has 2 heterocycles. The Morgan fingerprint density at radius 3 is 2.12 bits per heavy atom. The number of rotatable bonds is 5. The van der Waals surface area contributed by atoms with Crippen molar-refractivity contribution < 1.29 is 36.4 Å².